The Bertz CT molecular complexity index is 861. The van der Waals surface area contributed by atoms with Crippen LogP contribution in [0.1, 0.15) is 30.3 Å². The summed E-state index contributed by atoms with van der Waals surface area (Å²) in [4.78, 5) is 8.05. The molecule has 0 radical (unpaired) electrons. The van der Waals surface area contributed by atoms with Gasteiger partial charge >= 0.3 is 0 Å². The van der Waals surface area contributed by atoms with E-state index in [1.54, 1.807) is 17.9 Å². The Morgan fingerprint density at radius 3 is 2.88 bits per heavy atom. The van der Waals surface area contributed by atoms with Gasteiger partial charge in [0.1, 0.15) is 0 Å². The largest absolute Gasteiger partial charge is 0.388 e. The summed E-state index contributed by atoms with van der Waals surface area (Å²) in [6.07, 6.45) is 3.79. The van der Waals surface area contributed by atoms with Crippen molar-refractivity contribution >= 4 is 0 Å². The molecule has 0 saturated carbocycles. The lowest BCUT2D eigenvalue weighted by Crippen LogP contribution is -2.49. The van der Waals surface area contributed by atoms with E-state index in [9.17, 15) is 5.11 Å². The number of rotatable bonds is 5. The van der Waals surface area contributed by atoms with Crippen LogP contribution < -0.4 is 0 Å². The quantitative estimate of drug-likeness (QED) is 0.742. The van der Waals surface area contributed by atoms with Gasteiger partial charge in [0.2, 0.25) is 5.89 Å². The second-order valence-corrected chi connectivity index (χ2v) is 6.91. The van der Waals surface area contributed by atoms with Crippen molar-refractivity contribution in [1.29, 1.82) is 0 Å². The third-order valence-corrected chi connectivity index (χ3v) is 4.60. The van der Waals surface area contributed by atoms with E-state index in [0.717, 1.165) is 30.8 Å². The number of para-hydroxylation sites is 1. The summed E-state index contributed by atoms with van der Waals surface area (Å²) in [5, 5.41) is 23.6. The SMILES string of the molecule is Cc1noc(CC2(O)CCCN(Cc3cnn(-c4ccccc4)n3)C2)n1. The Balaban J connectivity index is 1.41. The van der Waals surface area contributed by atoms with Crippen LogP contribution in [0.3, 0.4) is 0 Å². The lowest BCUT2D eigenvalue weighted by atomic mass is 9.89. The summed E-state index contributed by atoms with van der Waals surface area (Å²) < 4.78 is 5.17. The van der Waals surface area contributed by atoms with Gasteiger partial charge in [-0.15, -0.1) is 0 Å². The number of hydrogen-bond donors (Lipinski definition) is 1. The van der Waals surface area contributed by atoms with E-state index < -0.39 is 5.60 Å². The van der Waals surface area contributed by atoms with Gasteiger partial charge in [-0.2, -0.15) is 20.0 Å². The van der Waals surface area contributed by atoms with E-state index in [2.05, 4.69) is 25.2 Å². The van der Waals surface area contributed by atoms with Gasteiger partial charge in [0.05, 0.1) is 29.6 Å². The van der Waals surface area contributed by atoms with Gasteiger partial charge in [-0.3, -0.25) is 4.90 Å². The average molecular weight is 354 g/mol. The van der Waals surface area contributed by atoms with Crippen molar-refractivity contribution in [3.8, 4) is 5.69 Å². The number of β-amino-alcohol motifs (C(OH)–C–C–N with tert-alkyl or cyclic N) is 1. The third kappa shape index (κ3) is 3.81. The summed E-state index contributed by atoms with van der Waals surface area (Å²) in [7, 11) is 0. The van der Waals surface area contributed by atoms with Crippen molar-refractivity contribution < 1.29 is 9.63 Å². The van der Waals surface area contributed by atoms with Crippen LogP contribution in [-0.2, 0) is 13.0 Å². The van der Waals surface area contributed by atoms with E-state index >= 15 is 0 Å². The number of piperidine rings is 1. The molecule has 3 aromatic rings. The smallest absolute Gasteiger partial charge is 0.229 e. The molecule has 1 aromatic carbocycles. The zero-order valence-corrected chi connectivity index (χ0v) is 14.7. The number of aliphatic hydroxyl groups is 1. The van der Waals surface area contributed by atoms with Crippen LogP contribution >= 0.6 is 0 Å². The highest BCUT2D eigenvalue weighted by molar-refractivity contribution is 5.28. The first-order valence-electron chi connectivity index (χ1n) is 8.80. The summed E-state index contributed by atoms with van der Waals surface area (Å²) in [5.41, 5.74) is 0.958. The minimum Gasteiger partial charge on any atom is -0.388 e. The normalized spacial score (nSPS) is 21.2. The van der Waals surface area contributed by atoms with Gasteiger partial charge < -0.3 is 9.63 Å². The molecule has 4 rings (SSSR count). The molecule has 0 amide bonds. The molecule has 8 nitrogen and oxygen atoms in total. The van der Waals surface area contributed by atoms with E-state index in [1.165, 1.54) is 0 Å². The molecule has 0 bridgehead atoms. The summed E-state index contributed by atoms with van der Waals surface area (Å²) in [6, 6.07) is 9.82. The maximum atomic E-state index is 11.0. The van der Waals surface area contributed by atoms with Crippen LogP contribution in [0.25, 0.3) is 5.69 Å². The standard InChI is InChI=1S/C18H22N6O2/c1-14-20-17(26-22-14)10-18(25)8-5-9-23(13-18)12-15-11-19-24(21-15)16-6-3-2-4-7-16/h2-4,6-7,11,25H,5,8-10,12-13H2,1H3. The first kappa shape index (κ1) is 16.9. The van der Waals surface area contributed by atoms with Crippen molar-refractivity contribution in [2.24, 2.45) is 0 Å². The third-order valence-electron chi connectivity index (χ3n) is 4.60. The predicted molar refractivity (Wildman–Crippen MR) is 93.6 cm³/mol. The summed E-state index contributed by atoms with van der Waals surface area (Å²) in [6.45, 7) is 3.90. The first-order chi connectivity index (χ1) is 12.6. The van der Waals surface area contributed by atoms with E-state index in [-0.39, 0.29) is 0 Å². The number of aryl methyl sites for hydroxylation is 1. The fourth-order valence-corrected chi connectivity index (χ4v) is 3.46. The van der Waals surface area contributed by atoms with Crippen molar-refractivity contribution in [2.75, 3.05) is 13.1 Å². The van der Waals surface area contributed by atoms with Crippen LogP contribution in [0.4, 0.5) is 0 Å². The molecule has 8 heteroatoms. The highest BCUT2D eigenvalue weighted by Gasteiger charge is 2.35. The van der Waals surface area contributed by atoms with Crippen LogP contribution in [0, 0.1) is 6.92 Å². The lowest BCUT2D eigenvalue weighted by molar-refractivity contribution is -0.0376. The molecular weight excluding hydrogens is 332 g/mol. The Labute approximate surface area is 151 Å². The van der Waals surface area contributed by atoms with Gasteiger partial charge in [0.15, 0.2) is 5.82 Å². The topological polar surface area (TPSA) is 93.1 Å². The highest BCUT2D eigenvalue weighted by atomic mass is 16.5. The number of aromatic nitrogens is 5. The molecule has 1 aliphatic rings. The maximum Gasteiger partial charge on any atom is 0.229 e. The zero-order valence-electron chi connectivity index (χ0n) is 14.7. The number of hydrogen-bond acceptors (Lipinski definition) is 7. The van der Waals surface area contributed by atoms with Crippen molar-refractivity contribution in [3.63, 3.8) is 0 Å². The maximum absolute atomic E-state index is 11.0. The minimum absolute atomic E-state index is 0.376. The molecule has 0 spiro atoms. The fraction of sp³-hybridized carbons (Fsp3) is 0.444. The Morgan fingerprint density at radius 2 is 2.12 bits per heavy atom. The van der Waals surface area contributed by atoms with Crippen LogP contribution in [-0.4, -0.2) is 53.8 Å². The van der Waals surface area contributed by atoms with Crippen molar-refractivity contribution in [2.45, 2.75) is 38.3 Å². The molecule has 26 heavy (non-hydrogen) atoms. The van der Waals surface area contributed by atoms with Gasteiger partial charge in [-0.05, 0) is 38.4 Å². The van der Waals surface area contributed by atoms with E-state index in [4.69, 9.17) is 4.52 Å². The Hall–Kier alpha value is -2.58. The van der Waals surface area contributed by atoms with Gasteiger partial charge in [0.25, 0.3) is 0 Å². The highest BCUT2D eigenvalue weighted by Crippen LogP contribution is 2.25. The molecule has 136 valence electrons. The molecule has 3 heterocycles. The molecule has 1 aliphatic heterocycles. The lowest BCUT2D eigenvalue weighted by Gasteiger charge is -2.38. The molecule has 1 N–H and O–H groups in total. The number of nitrogens with zero attached hydrogens (tertiary/aromatic N) is 6. The molecule has 1 atom stereocenters. The summed E-state index contributed by atoms with van der Waals surface area (Å²) in [5.74, 6) is 1.08. The van der Waals surface area contributed by atoms with Gasteiger partial charge in [-0.1, -0.05) is 23.4 Å². The van der Waals surface area contributed by atoms with Crippen molar-refractivity contribution in [3.05, 3.63) is 53.9 Å². The van der Waals surface area contributed by atoms with E-state index in [1.807, 2.05) is 30.3 Å². The second-order valence-electron chi connectivity index (χ2n) is 6.91. The van der Waals surface area contributed by atoms with Crippen molar-refractivity contribution in [1.82, 2.24) is 30.0 Å². The molecule has 1 fully saturated rings. The number of benzene rings is 1. The fourth-order valence-electron chi connectivity index (χ4n) is 3.46. The molecule has 2 aromatic heterocycles. The Kier molecular flexibility index (Phi) is 4.52. The minimum atomic E-state index is -0.855. The van der Waals surface area contributed by atoms with Gasteiger partial charge in [-0.25, -0.2) is 0 Å². The van der Waals surface area contributed by atoms with Crippen LogP contribution in [0.15, 0.2) is 41.1 Å². The monoisotopic (exact) mass is 354 g/mol. The molecular formula is C18H22N6O2. The molecule has 0 aliphatic carbocycles. The number of likely N-dealkylation sites (tertiary alicyclic amines) is 1. The van der Waals surface area contributed by atoms with Crippen LogP contribution in [0.2, 0.25) is 0 Å². The predicted octanol–water partition coefficient (Wildman–Crippen LogP) is 1.53. The van der Waals surface area contributed by atoms with Crippen LogP contribution in [0.5, 0.6) is 0 Å². The molecule has 1 unspecified atom stereocenters. The van der Waals surface area contributed by atoms with E-state index in [0.29, 0.717) is 31.2 Å². The molecule has 1 saturated heterocycles. The summed E-state index contributed by atoms with van der Waals surface area (Å²) >= 11 is 0. The second kappa shape index (κ2) is 6.97. The zero-order chi connectivity index (χ0) is 18.0. The Morgan fingerprint density at radius 1 is 1.27 bits per heavy atom. The van der Waals surface area contributed by atoms with Gasteiger partial charge in [0, 0.05) is 13.1 Å². The average Bonchev–Trinajstić information content (AvgIpc) is 3.24. The first-order valence-corrected chi connectivity index (χ1v) is 8.80.